The molecule has 0 aromatic carbocycles. The van der Waals surface area contributed by atoms with Gasteiger partial charge in [0.1, 0.15) is 6.10 Å². The van der Waals surface area contributed by atoms with Crippen molar-refractivity contribution in [1.82, 2.24) is 0 Å². The molecule has 0 aromatic rings. The highest BCUT2D eigenvalue weighted by molar-refractivity contribution is 5.81. The fourth-order valence-corrected chi connectivity index (χ4v) is 3.39. The molecular formula is C21H40O5. The van der Waals surface area contributed by atoms with Crippen molar-refractivity contribution < 1.29 is 24.1 Å². The van der Waals surface area contributed by atoms with Gasteiger partial charge in [0.05, 0.1) is 19.3 Å². The summed E-state index contributed by atoms with van der Waals surface area (Å²) in [5.74, 6) is -0.326. The molecule has 0 radical (unpaired) electrons. The average Bonchev–Trinajstić information content (AvgIpc) is 2.63. The van der Waals surface area contributed by atoms with Crippen LogP contribution in [0.15, 0.2) is 0 Å². The monoisotopic (exact) mass is 372 g/mol. The van der Waals surface area contributed by atoms with E-state index >= 15 is 0 Å². The fourth-order valence-electron chi connectivity index (χ4n) is 3.39. The summed E-state index contributed by atoms with van der Waals surface area (Å²) in [6.45, 7) is 3.09. The molecule has 5 nitrogen and oxygen atoms in total. The molecule has 0 saturated carbocycles. The molecule has 1 saturated heterocycles. The molecule has 0 aromatic heterocycles. The van der Waals surface area contributed by atoms with Crippen molar-refractivity contribution in [1.29, 1.82) is 0 Å². The molecule has 0 bridgehead atoms. The van der Waals surface area contributed by atoms with Crippen LogP contribution in [-0.2, 0) is 19.0 Å². The molecule has 1 rings (SSSR count). The Kier molecular flexibility index (Phi) is 13.9. The Balaban J connectivity index is 1.92. The Morgan fingerprint density at radius 3 is 2.08 bits per heavy atom. The molecule has 1 aliphatic heterocycles. The van der Waals surface area contributed by atoms with Gasteiger partial charge in [0.25, 0.3) is 0 Å². The minimum atomic E-state index is -0.530. The van der Waals surface area contributed by atoms with Gasteiger partial charge in [0, 0.05) is 13.5 Å². The number of hydrogen-bond donors (Lipinski definition) is 1. The number of carbonyl (C=O) groups excluding carboxylic acids is 1. The summed E-state index contributed by atoms with van der Waals surface area (Å²) in [7, 11) is 1.59. The van der Waals surface area contributed by atoms with Crippen LogP contribution in [0.1, 0.15) is 90.4 Å². The molecule has 1 unspecified atom stereocenters. The van der Waals surface area contributed by atoms with Gasteiger partial charge in [-0.3, -0.25) is 0 Å². The first-order chi connectivity index (χ1) is 12.7. The van der Waals surface area contributed by atoms with Crippen molar-refractivity contribution in [2.45, 2.75) is 109 Å². The van der Waals surface area contributed by atoms with E-state index in [1.54, 1.807) is 7.11 Å². The molecule has 1 N–H and O–H groups in total. The number of methoxy groups -OCH3 is 1. The standard InChI is InChI=1S/C21H40O5/c1-3-4-5-6-7-8-9-10-11-12-13-14-18(22)17-19-20(21(23)26-19)25-16-15-24-2/h18-20,22H,3-17H2,1-2H3/t18?,19-,20-/m0/s1. The molecule has 0 spiro atoms. The lowest BCUT2D eigenvalue weighted by atomic mass is 9.98. The summed E-state index contributed by atoms with van der Waals surface area (Å²) < 4.78 is 15.4. The zero-order valence-corrected chi connectivity index (χ0v) is 16.9. The number of unbranched alkanes of at least 4 members (excludes halogenated alkanes) is 10. The van der Waals surface area contributed by atoms with E-state index in [2.05, 4.69) is 6.92 Å². The van der Waals surface area contributed by atoms with E-state index in [4.69, 9.17) is 14.2 Å². The third-order valence-corrected chi connectivity index (χ3v) is 5.07. The number of esters is 1. The summed E-state index contributed by atoms with van der Waals surface area (Å²) >= 11 is 0. The van der Waals surface area contributed by atoms with Gasteiger partial charge in [0.15, 0.2) is 6.10 Å². The molecule has 26 heavy (non-hydrogen) atoms. The van der Waals surface area contributed by atoms with E-state index in [0.29, 0.717) is 19.6 Å². The van der Waals surface area contributed by atoms with Crippen molar-refractivity contribution >= 4 is 5.97 Å². The molecular weight excluding hydrogens is 332 g/mol. The summed E-state index contributed by atoms with van der Waals surface area (Å²) in [5, 5.41) is 10.1. The average molecular weight is 373 g/mol. The van der Waals surface area contributed by atoms with Gasteiger partial charge in [-0.2, -0.15) is 0 Å². The molecule has 1 fully saturated rings. The SMILES string of the molecule is CCCCCCCCCCCCCC(O)C[C@@H]1OC(=O)[C@H]1OCCOC. The van der Waals surface area contributed by atoms with Crippen LogP contribution < -0.4 is 0 Å². The van der Waals surface area contributed by atoms with E-state index in [1.807, 2.05) is 0 Å². The maximum Gasteiger partial charge on any atom is 0.339 e. The van der Waals surface area contributed by atoms with Gasteiger partial charge in [-0.15, -0.1) is 0 Å². The number of ether oxygens (including phenoxy) is 3. The highest BCUT2D eigenvalue weighted by Crippen LogP contribution is 2.24. The van der Waals surface area contributed by atoms with Gasteiger partial charge >= 0.3 is 5.97 Å². The van der Waals surface area contributed by atoms with Crippen molar-refractivity contribution in [2.24, 2.45) is 0 Å². The largest absolute Gasteiger partial charge is 0.457 e. The van der Waals surface area contributed by atoms with Crippen LogP contribution in [-0.4, -0.2) is 49.7 Å². The molecule has 1 aliphatic rings. The summed E-state index contributed by atoms with van der Waals surface area (Å²) in [4.78, 5) is 11.4. The van der Waals surface area contributed by atoms with Crippen LogP contribution in [0, 0.1) is 0 Å². The van der Waals surface area contributed by atoms with Crippen LogP contribution in [0.4, 0.5) is 0 Å². The molecule has 3 atom stereocenters. The molecule has 5 heteroatoms. The topological polar surface area (TPSA) is 65.0 Å². The van der Waals surface area contributed by atoms with E-state index in [-0.39, 0.29) is 12.1 Å². The van der Waals surface area contributed by atoms with Gasteiger partial charge in [-0.1, -0.05) is 77.6 Å². The van der Waals surface area contributed by atoms with Gasteiger partial charge in [0.2, 0.25) is 0 Å². The Labute approximate surface area is 159 Å². The van der Waals surface area contributed by atoms with Gasteiger partial charge < -0.3 is 19.3 Å². The zero-order valence-electron chi connectivity index (χ0n) is 16.9. The van der Waals surface area contributed by atoms with E-state index in [0.717, 1.165) is 12.8 Å². The minimum absolute atomic E-state index is 0.304. The van der Waals surface area contributed by atoms with E-state index < -0.39 is 12.2 Å². The lowest BCUT2D eigenvalue weighted by molar-refractivity contribution is -0.211. The van der Waals surface area contributed by atoms with Crippen molar-refractivity contribution in [2.75, 3.05) is 20.3 Å². The lowest BCUT2D eigenvalue weighted by Crippen LogP contribution is -2.53. The van der Waals surface area contributed by atoms with Crippen LogP contribution in [0.5, 0.6) is 0 Å². The highest BCUT2D eigenvalue weighted by atomic mass is 16.6. The second-order valence-electron chi connectivity index (χ2n) is 7.47. The van der Waals surface area contributed by atoms with Crippen LogP contribution in [0.25, 0.3) is 0 Å². The second kappa shape index (κ2) is 15.4. The number of carbonyl (C=O) groups is 1. The second-order valence-corrected chi connectivity index (χ2v) is 7.47. The summed E-state index contributed by atoms with van der Waals surface area (Å²) in [6, 6.07) is 0. The molecule has 0 amide bonds. The summed E-state index contributed by atoms with van der Waals surface area (Å²) in [5.41, 5.74) is 0. The van der Waals surface area contributed by atoms with Crippen LogP contribution in [0.3, 0.4) is 0 Å². The normalized spacial score (nSPS) is 20.7. The Morgan fingerprint density at radius 1 is 0.962 bits per heavy atom. The third-order valence-electron chi connectivity index (χ3n) is 5.07. The predicted molar refractivity (Wildman–Crippen MR) is 103 cm³/mol. The molecule has 1 heterocycles. The number of aliphatic hydroxyl groups excluding tert-OH is 1. The fraction of sp³-hybridized carbons (Fsp3) is 0.952. The van der Waals surface area contributed by atoms with Crippen molar-refractivity contribution in [3.63, 3.8) is 0 Å². The highest BCUT2D eigenvalue weighted by Gasteiger charge is 2.44. The van der Waals surface area contributed by atoms with Gasteiger partial charge in [-0.25, -0.2) is 4.79 Å². The zero-order chi connectivity index (χ0) is 19.0. The Morgan fingerprint density at radius 2 is 1.54 bits per heavy atom. The minimum Gasteiger partial charge on any atom is -0.457 e. The van der Waals surface area contributed by atoms with Gasteiger partial charge in [-0.05, 0) is 6.42 Å². The number of rotatable bonds is 18. The number of hydrogen-bond acceptors (Lipinski definition) is 5. The van der Waals surface area contributed by atoms with Crippen molar-refractivity contribution in [3.8, 4) is 0 Å². The predicted octanol–water partition coefficient (Wildman–Crippen LogP) is 4.40. The Hall–Kier alpha value is -0.650. The third kappa shape index (κ3) is 10.5. The smallest absolute Gasteiger partial charge is 0.339 e. The quantitative estimate of drug-likeness (QED) is 0.285. The Bertz CT molecular complexity index is 347. The van der Waals surface area contributed by atoms with Crippen LogP contribution in [0.2, 0.25) is 0 Å². The first kappa shape index (κ1) is 23.4. The van der Waals surface area contributed by atoms with Crippen molar-refractivity contribution in [3.05, 3.63) is 0 Å². The van der Waals surface area contributed by atoms with E-state index in [9.17, 15) is 9.90 Å². The van der Waals surface area contributed by atoms with E-state index in [1.165, 1.54) is 64.2 Å². The molecule has 0 aliphatic carbocycles. The molecule has 154 valence electrons. The maximum atomic E-state index is 11.4. The number of cyclic esters (lactones) is 1. The first-order valence-corrected chi connectivity index (χ1v) is 10.7. The first-order valence-electron chi connectivity index (χ1n) is 10.7. The van der Waals surface area contributed by atoms with Crippen LogP contribution >= 0.6 is 0 Å². The maximum absolute atomic E-state index is 11.4. The summed E-state index contributed by atoms with van der Waals surface area (Å²) in [6.07, 6.45) is 14.3. The lowest BCUT2D eigenvalue weighted by Gasteiger charge is -2.35. The number of aliphatic hydroxyl groups is 1.